The number of pyridine rings is 1. The van der Waals surface area contributed by atoms with Crippen LogP contribution < -0.4 is 19.1 Å². The quantitative estimate of drug-likeness (QED) is 0.159. The summed E-state index contributed by atoms with van der Waals surface area (Å²) in [5.74, 6) is 1.40. The summed E-state index contributed by atoms with van der Waals surface area (Å²) in [4.78, 5) is 26.2. The van der Waals surface area contributed by atoms with Gasteiger partial charge in [0.1, 0.15) is 17.0 Å². The fourth-order valence-corrected chi connectivity index (χ4v) is 4.88. The van der Waals surface area contributed by atoms with Crippen LogP contribution in [0.15, 0.2) is 36.5 Å². The first-order chi connectivity index (χ1) is 21.3. The SMILES string of the molecule is CN(C)C(=S)[S-].CN(C)C(=S)[S-].COc1cc2cc(C(=O)N3CC(CCl)c4c3cc(O)c3ncccc43)[nH]c2c(OC)c1OC.[Co+2]. The number of hydrogen-bond acceptors (Lipinski definition) is 10. The Morgan fingerprint density at radius 2 is 1.65 bits per heavy atom. The van der Waals surface area contributed by atoms with Crippen molar-refractivity contribution in [2.24, 2.45) is 0 Å². The Hall–Kier alpha value is -2.92. The Labute approximate surface area is 305 Å². The van der Waals surface area contributed by atoms with E-state index < -0.39 is 0 Å². The summed E-state index contributed by atoms with van der Waals surface area (Å²) in [7, 11) is 11.9. The molecule has 1 radical (unpaired) electrons. The number of nitrogens with zero attached hydrogens (tertiary/aromatic N) is 4. The molecule has 0 saturated carbocycles. The van der Waals surface area contributed by atoms with Crippen LogP contribution in [0.3, 0.4) is 0 Å². The number of halogens is 1. The van der Waals surface area contributed by atoms with Gasteiger partial charge in [-0.3, -0.25) is 9.78 Å². The molecule has 4 aromatic rings. The van der Waals surface area contributed by atoms with Gasteiger partial charge in [0.25, 0.3) is 5.91 Å². The Kier molecular flexibility index (Phi) is 14.8. The van der Waals surface area contributed by atoms with Crippen LogP contribution in [0.2, 0.25) is 0 Å². The van der Waals surface area contributed by atoms with E-state index in [1.807, 2.05) is 40.3 Å². The maximum absolute atomic E-state index is 13.6. The monoisotopic (exact) mass is 766 g/mol. The molecule has 0 spiro atoms. The molecular weight excluding hydrogens is 733 g/mol. The molecular formula is C30H34ClCoN5O5S4. The van der Waals surface area contributed by atoms with Crippen molar-refractivity contribution >= 4 is 103 Å². The van der Waals surface area contributed by atoms with Gasteiger partial charge in [-0.05, 0) is 23.8 Å². The molecule has 0 fully saturated rings. The number of H-pyrrole nitrogens is 1. The number of aromatic hydroxyl groups is 1. The number of benzene rings is 2. The molecule has 10 nitrogen and oxygen atoms in total. The molecule has 0 aliphatic carbocycles. The number of phenols is 1. The molecule has 46 heavy (non-hydrogen) atoms. The average Bonchev–Trinajstić information content (AvgIpc) is 3.62. The zero-order valence-corrected chi connectivity index (χ0v) is 31.2. The van der Waals surface area contributed by atoms with Crippen LogP contribution in [0, 0.1) is 0 Å². The number of amides is 1. The van der Waals surface area contributed by atoms with Crippen molar-refractivity contribution in [2.45, 2.75) is 5.92 Å². The smallest absolute Gasteiger partial charge is 0.506 e. The molecule has 0 bridgehead atoms. The van der Waals surface area contributed by atoms with Crippen LogP contribution in [-0.2, 0) is 42.0 Å². The zero-order valence-electron chi connectivity index (χ0n) is 26.2. The number of aromatic amines is 1. The first-order valence-electron chi connectivity index (χ1n) is 13.4. The van der Waals surface area contributed by atoms with Crippen molar-refractivity contribution in [3.8, 4) is 23.0 Å². The third kappa shape index (κ3) is 8.50. The van der Waals surface area contributed by atoms with Crippen LogP contribution in [-0.4, -0.2) is 101 Å². The number of ether oxygens (including phenoxy) is 3. The molecule has 1 amide bonds. The Bertz CT molecular complexity index is 1700. The number of fused-ring (bicyclic) bond motifs is 4. The molecule has 2 aromatic carbocycles. The first kappa shape index (κ1) is 39.3. The Balaban J connectivity index is 0.000000485. The van der Waals surface area contributed by atoms with E-state index in [9.17, 15) is 9.90 Å². The van der Waals surface area contributed by atoms with Gasteiger partial charge in [-0.2, -0.15) is 0 Å². The molecule has 1 aliphatic rings. The number of aromatic nitrogens is 2. The number of phenolic OH excluding ortho intramolecular Hbond substituents is 1. The summed E-state index contributed by atoms with van der Waals surface area (Å²) < 4.78 is 17.4. The van der Waals surface area contributed by atoms with Gasteiger partial charge in [-0.15, -0.1) is 11.6 Å². The average molecular weight is 767 g/mol. The maximum Gasteiger partial charge on any atom is 2.00 e. The maximum atomic E-state index is 13.6. The van der Waals surface area contributed by atoms with Crippen LogP contribution in [0.25, 0.3) is 21.8 Å². The van der Waals surface area contributed by atoms with E-state index >= 15 is 0 Å². The standard InChI is InChI=1S/C24H22ClN3O5.2C3H7NS2.Co/c1-31-18-8-12-7-15(27-20(12)23(33-3)22(18)32-2)24(30)28-11-13(10-25)19-14-5-4-6-26-21(14)17(29)9-16(19)28;2*1-4(2)3(5)6;/h4-9,13,27,29H,10-11H2,1-3H3;2*1-2H3,(H,5,6);/q;;;+2/p-2. The van der Waals surface area contributed by atoms with Crippen LogP contribution in [0.4, 0.5) is 5.69 Å². The number of carbonyl (C=O) groups is 1. The molecule has 1 atom stereocenters. The summed E-state index contributed by atoms with van der Waals surface area (Å²) in [6.07, 6.45) is 1.63. The second-order valence-corrected chi connectivity index (χ2v) is 12.5. The van der Waals surface area contributed by atoms with Crippen molar-refractivity contribution in [1.82, 2.24) is 19.8 Å². The molecule has 2 aromatic heterocycles. The van der Waals surface area contributed by atoms with Gasteiger partial charge in [-0.1, -0.05) is 14.7 Å². The van der Waals surface area contributed by atoms with Crippen molar-refractivity contribution in [3.05, 3.63) is 47.8 Å². The zero-order chi connectivity index (χ0) is 33.6. The van der Waals surface area contributed by atoms with Gasteiger partial charge in [0.2, 0.25) is 5.75 Å². The molecule has 5 rings (SSSR count). The number of methoxy groups -OCH3 is 3. The van der Waals surface area contributed by atoms with E-state index in [4.69, 9.17) is 25.8 Å². The minimum Gasteiger partial charge on any atom is -0.506 e. The fourth-order valence-electron chi connectivity index (χ4n) is 4.63. The van der Waals surface area contributed by atoms with Gasteiger partial charge in [0, 0.05) is 69.6 Å². The Morgan fingerprint density at radius 3 is 2.15 bits per heavy atom. The third-order valence-electron chi connectivity index (χ3n) is 6.80. The minimum absolute atomic E-state index is 0. The second kappa shape index (κ2) is 17.3. The largest absolute Gasteiger partial charge is 2.00 e. The molecule has 249 valence electrons. The summed E-state index contributed by atoms with van der Waals surface area (Å²) >= 11 is 24.5. The number of thiocarbonyl (C=S) groups is 2. The summed E-state index contributed by atoms with van der Waals surface area (Å²) in [6.45, 7) is 0.393. The van der Waals surface area contributed by atoms with Crippen molar-refractivity contribution in [1.29, 1.82) is 0 Å². The molecule has 1 unspecified atom stereocenters. The molecule has 1 aliphatic heterocycles. The van der Waals surface area contributed by atoms with Gasteiger partial charge >= 0.3 is 16.8 Å². The van der Waals surface area contributed by atoms with Gasteiger partial charge < -0.3 is 88.7 Å². The molecule has 2 N–H and O–H groups in total. The molecule has 3 heterocycles. The summed E-state index contributed by atoms with van der Waals surface area (Å²) in [5.41, 5.74) is 3.03. The van der Waals surface area contributed by atoms with E-state index in [0.717, 1.165) is 16.3 Å². The van der Waals surface area contributed by atoms with E-state index in [-0.39, 0.29) is 34.4 Å². The molecule has 16 heteroatoms. The summed E-state index contributed by atoms with van der Waals surface area (Å²) in [5, 5.41) is 12.1. The van der Waals surface area contributed by atoms with Gasteiger partial charge in [0.05, 0.1) is 32.5 Å². The predicted octanol–water partition coefficient (Wildman–Crippen LogP) is 5.19. The Morgan fingerprint density at radius 1 is 1.07 bits per heavy atom. The summed E-state index contributed by atoms with van der Waals surface area (Å²) in [6, 6.07) is 8.82. The van der Waals surface area contributed by atoms with Crippen molar-refractivity contribution in [2.75, 3.05) is 66.8 Å². The first-order valence-corrected chi connectivity index (χ1v) is 15.5. The molecule has 0 saturated heterocycles. The number of carbonyl (C=O) groups excluding carboxylic acids is 1. The van der Waals surface area contributed by atoms with E-state index in [0.29, 0.717) is 60.7 Å². The number of hydrogen-bond donors (Lipinski definition) is 2. The third-order valence-corrected chi connectivity index (χ3v) is 8.64. The van der Waals surface area contributed by atoms with E-state index in [1.54, 1.807) is 46.2 Å². The number of anilines is 1. The topological polar surface area (TPSA) is 103 Å². The van der Waals surface area contributed by atoms with Crippen LogP contribution >= 0.6 is 36.0 Å². The minimum atomic E-state index is -0.248. The van der Waals surface area contributed by atoms with Crippen LogP contribution in [0.5, 0.6) is 23.0 Å². The van der Waals surface area contributed by atoms with Crippen molar-refractivity contribution < 1.29 is 40.9 Å². The van der Waals surface area contributed by atoms with E-state index in [2.05, 4.69) is 59.7 Å². The predicted molar refractivity (Wildman–Crippen MR) is 194 cm³/mol. The second-order valence-electron chi connectivity index (χ2n) is 10.1. The van der Waals surface area contributed by atoms with Gasteiger partial charge in [0.15, 0.2) is 11.5 Å². The fraction of sp³-hybridized carbons (Fsp3) is 0.333. The van der Waals surface area contributed by atoms with Crippen molar-refractivity contribution in [3.63, 3.8) is 0 Å². The van der Waals surface area contributed by atoms with Gasteiger partial charge in [-0.25, -0.2) is 0 Å². The normalized spacial score (nSPS) is 12.9. The number of nitrogens with one attached hydrogen (secondary N) is 1. The van der Waals surface area contributed by atoms with Crippen LogP contribution in [0.1, 0.15) is 22.0 Å². The van der Waals surface area contributed by atoms with E-state index in [1.165, 1.54) is 14.2 Å². The number of alkyl halides is 1. The number of rotatable bonds is 5.